The molecule has 1 rings (SSSR count). The maximum absolute atomic E-state index is 12.2. The van der Waals surface area contributed by atoms with Crippen LogP contribution in [0.15, 0.2) is 0 Å². The highest BCUT2D eigenvalue weighted by molar-refractivity contribution is 5.80. The van der Waals surface area contributed by atoms with Gasteiger partial charge in [0.2, 0.25) is 0 Å². The number of hydrogen-bond donors (Lipinski definition) is 1. The van der Waals surface area contributed by atoms with Crippen molar-refractivity contribution >= 4 is 12.0 Å². The summed E-state index contributed by atoms with van der Waals surface area (Å²) in [4.78, 5) is 27.0. The number of likely N-dealkylation sites (tertiary alicyclic amines) is 1. The third-order valence-electron chi connectivity index (χ3n) is 4.18. The zero-order valence-electron chi connectivity index (χ0n) is 11.9. The quantitative estimate of drug-likeness (QED) is 0.838. The van der Waals surface area contributed by atoms with Gasteiger partial charge in [-0.15, -0.1) is 0 Å². The van der Waals surface area contributed by atoms with Gasteiger partial charge in [-0.2, -0.15) is 0 Å². The van der Waals surface area contributed by atoms with Crippen LogP contribution in [0.1, 0.15) is 34.1 Å². The standard InChI is InChI=1S/C13H24N2O3/c1-9(2)13(11(16)17)6-7-15(8-13)12(18)14(5)10(3)4/h9-10H,6-8H2,1-5H3,(H,16,17). The molecule has 0 spiro atoms. The molecule has 5 nitrogen and oxygen atoms in total. The molecule has 1 saturated heterocycles. The Kier molecular flexibility index (Phi) is 4.24. The fraction of sp³-hybridized carbons (Fsp3) is 0.846. The molecule has 5 heteroatoms. The lowest BCUT2D eigenvalue weighted by molar-refractivity contribution is -0.150. The molecule has 0 aromatic rings. The van der Waals surface area contributed by atoms with Crippen LogP contribution in [0.3, 0.4) is 0 Å². The first kappa shape index (κ1) is 14.8. The van der Waals surface area contributed by atoms with E-state index >= 15 is 0 Å². The van der Waals surface area contributed by atoms with Gasteiger partial charge >= 0.3 is 12.0 Å². The third kappa shape index (κ3) is 2.44. The molecule has 0 saturated carbocycles. The third-order valence-corrected chi connectivity index (χ3v) is 4.18. The van der Waals surface area contributed by atoms with Crippen molar-refractivity contribution < 1.29 is 14.7 Å². The molecule has 104 valence electrons. The minimum Gasteiger partial charge on any atom is -0.481 e. The summed E-state index contributed by atoms with van der Waals surface area (Å²) in [6, 6.07) is 0.0464. The van der Waals surface area contributed by atoms with Crippen LogP contribution in [0.5, 0.6) is 0 Å². The van der Waals surface area contributed by atoms with Crippen molar-refractivity contribution in [3.63, 3.8) is 0 Å². The summed E-state index contributed by atoms with van der Waals surface area (Å²) in [5.41, 5.74) is -0.784. The Morgan fingerprint density at radius 2 is 1.83 bits per heavy atom. The number of nitrogens with zero attached hydrogens (tertiary/aromatic N) is 2. The van der Waals surface area contributed by atoms with Gasteiger partial charge in [0.15, 0.2) is 0 Å². The minimum atomic E-state index is -0.792. The SMILES string of the molecule is CC(C)N(C)C(=O)N1CCC(C(=O)O)(C(C)C)C1. The Morgan fingerprint density at radius 3 is 2.17 bits per heavy atom. The number of carboxylic acid groups (broad SMARTS) is 1. The highest BCUT2D eigenvalue weighted by atomic mass is 16.4. The number of urea groups is 1. The van der Waals surface area contributed by atoms with E-state index in [-0.39, 0.29) is 18.0 Å². The Balaban J connectivity index is 2.82. The molecule has 1 N–H and O–H groups in total. The van der Waals surface area contributed by atoms with Crippen LogP contribution >= 0.6 is 0 Å². The summed E-state index contributed by atoms with van der Waals surface area (Å²) in [7, 11) is 1.75. The van der Waals surface area contributed by atoms with Gasteiger partial charge in [0.1, 0.15) is 0 Å². The molecule has 0 aromatic carbocycles. The van der Waals surface area contributed by atoms with Gasteiger partial charge in [0.05, 0.1) is 5.41 Å². The van der Waals surface area contributed by atoms with E-state index in [0.717, 1.165) is 0 Å². The number of aliphatic carboxylic acids is 1. The molecule has 0 radical (unpaired) electrons. The van der Waals surface area contributed by atoms with Crippen molar-refractivity contribution in [3.8, 4) is 0 Å². The molecule has 1 heterocycles. The first-order valence-electron chi connectivity index (χ1n) is 6.47. The number of amides is 2. The highest BCUT2D eigenvalue weighted by Gasteiger charge is 2.48. The van der Waals surface area contributed by atoms with Gasteiger partial charge in [0, 0.05) is 26.2 Å². The summed E-state index contributed by atoms with van der Waals surface area (Å²) in [6.45, 7) is 8.56. The van der Waals surface area contributed by atoms with Crippen LogP contribution in [0, 0.1) is 11.3 Å². The first-order chi connectivity index (χ1) is 8.22. The van der Waals surface area contributed by atoms with Crippen molar-refractivity contribution in [2.45, 2.75) is 40.2 Å². The highest BCUT2D eigenvalue weighted by Crippen LogP contribution is 2.38. The van der Waals surface area contributed by atoms with Crippen LogP contribution in [-0.4, -0.2) is 53.1 Å². The van der Waals surface area contributed by atoms with E-state index in [1.165, 1.54) is 0 Å². The predicted molar refractivity (Wildman–Crippen MR) is 69.4 cm³/mol. The topological polar surface area (TPSA) is 60.9 Å². The van der Waals surface area contributed by atoms with E-state index in [9.17, 15) is 14.7 Å². The maximum Gasteiger partial charge on any atom is 0.320 e. The summed E-state index contributed by atoms with van der Waals surface area (Å²) in [5.74, 6) is -0.767. The summed E-state index contributed by atoms with van der Waals surface area (Å²) in [5, 5.41) is 9.43. The molecule has 18 heavy (non-hydrogen) atoms. The number of rotatable bonds is 3. The van der Waals surface area contributed by atoms with Crippen LogP contribution in [-0.2, 0) is 4.79 Å². The van der Waals surface area contributed by atoms with Crippen molar-refractivity contribution in [1.82, 2.24) is 9.80 Å². The molecule has 1 fully saturated rings. The molecule has 0 aromatic heterocycles. The van der Waals surface area contributed by atoms with Crippen LogP contribution in [0.2, 0.25) is 0 Å². The number of carbonyl (C=O) groups excluding carboxylic acids is 1. The second-order valence-corrected chi connectivity index (χ2v) is 5.77. The van der Waals surface area contributed by atoms with Crippen molar-refractivity contribution in [1.29, 1.82) is 0 Å². The lowest BCUT2D eigenvalue weighted by atomic mass is 9.76. The van der Waals surface area contributed by atoms with Gasteiger partial charge in [0.25, 0.3) is 0 Å². The molecular formula is C13H24N2O3. The minimum absolute atomic E-state index is 0.0251. The first-order valence-corrected chi connectivity index (χ1v) is 6.47. The largest absolute Gasteiger partial charge is 0.481 e. The lowest BCUT2D eigenvalue weighted by Crippen LogP contribution is -2.46. The zero-order chi connectivity index (χ0) is 14.1. The van der Waals surface area contributed by atoms with Gasteiger partial charge in [-0.3, -0.25) is 4.79 Å². The molecular weight excluding hydrogens is 232 g/mol. The van der Waals surface area contributed by atoms with Gasteiger partial charge in [-0.1, -0.05) is 13.8 Å². The Bertz CT molecular complexity index is 341. The van der Waals surface area contributed by atoms with E-state index < -0.39 is 11.4 Å². The molecule has 1 aliphatic heterocycles. The molecule has 0 bridgehead atoms. The average Bonchev–Trinajstić information content (AvgIpc) is 2.72. The molecule has 1 aliphatic rings. The van der Waals surface area contributed by atoms with Crippen molar-refractivity contribution in [3.05, 3.63) is 0 Å². The van der Waals surface area contributed by atoms with E-state index in [2.05, 4.69) is 0 Å². The summed E-state index contributed by atoms with van der Waals surface area (Å²) < 4.78 is 0. The second-order valence-electron chi connectivity index (χ2n) is 5.77. The normalized spacial score (nSPS) is 23.8. The maximum atomic E-state index is 12.2. The van der Waals surface area contributed by atoms with Crippen molar-refractivity contribution in [2.24, 2.45) is 11.3 Å². The Labute approximate surface area is 109 Å². The second kappa shape index (κ2) is 5.16. The fourth-order valence-corrected chi connectivity index (χ4v) is 2.33. The smallest absolute Gasteiger partial charge is 0.320 e. The number of carbonyl (C=O) groups is 2. The number of carboxylic acids is 1. The lowest BCUT2D eigenvalue weighted by Gasteiger charge is -2.31. The van der Waals surface area contributed by atoms with Gasteiger partial charge in [-0.25, -0.2) is 4.79 Å². The average molecular weight is 256 g/mol. The number of hydrogen-bond acceptors (Lipinski definition) is 2. The Morgan fingerprint density at radius 1 is 1.28 bits per heavy atom. The monoisotopic (exact) mass is 256 g/mol. The van der Waals surface area contributed by atoms with E-state index in [1.807, 2.05) is 27.7 Å². The van der Waals surface area contributed by atoms with Crippen LogP contribution in [0.25, 0.3) is 0 Å². The molecule has 0 aliphatic carbocycles. The molecule has 1 atom stereocenters. The molecule has 1 unspecified atom stereocenters. The van der Waals surface area contributed by atoms with E-state index in [0.29, 0.717) is 19.5 Å². The van der Waals surface area contributed by atoms with Crippen molar-refractivity contribution in [2.75, 3.05) is 20.1 Å². The summed E-state index contributed by atoms with van der Waals surface area (Å²) in [6.07, 6.45) is 0.539. The fourth-order valence-electron chi connectivity index (χ4n) is 2.33. The predicted octanol–water partition coefficient (Wildman–Crippen LogP) is 1.88. The van der Waals surface area contributed by atoms with Crippen LogP contribution < -0.4 is 0 Å². The van der Waals surface area contributed by atoms with E-state index in [4.69, 9.17) is 0 Å². The van der Waals surface area contributed by atoms with Gasteiger partial charge < -0.3 is 14.9 Å². The Hall–Kier alpha value is -1.26. The summed E-state index contributed by atoms with van der Waals surface area (Å²) >= 11 is 0. The van der Waals surface area contributed by atoms with E-state index in [1.54, 1.807) is 16.8 Å². The molecule has 2 amide bonds. The zero-order valence-corrected chi connectivity index (χ0v) is 11.9. The van der Waals surface area contributed by atoms with Gasteiger partial charge in [-0.05, 0) is 26.2 Å². The van der Waals surface area contributed by atoms with Crippen LogP contribution in [0.4, 0.5) is 4.79 Å².